The van der Waals surface area contributed by atoms with Gasteiger partial charge in [0.15, 0.2) is 0 Å². The number of aromatic nitrogens is 1. The monoisotopic (exact) mass is 343 g/mol. The molecule has 1 aromatic heterocycles. The predicted octanol–water partition coefficient (Wildman–Crippen LogP) is 3.06. The van der Waals surface area contributed by atoms with Crippen molar-refractivity contribution in [3.05, 3.63) is 48.3 Å². The first-order chi connectivity index (χ1) is 12.2. The summed E-state index contributed by atoms with van der Waals surface area (Å²) in [5.74, 6) is 1.53. The fraction of sp³-hybridized carbons (Fsp3) is 0.368. The fourth-order valence-corrected chi connectivity index (χ4v) is 2.37. The topological polar surface area (TPSA) is 63.7 Å². The lowest BCUT2D eigenvalue weighted by molar-refractivity contribution is 0.0767. The first-order valence-corrected chi connectivity index (χ1v) is 8.44. The fourth-order valence-electron chi connectivity index (χ4n) is 2.37. The maximum atomic E-state index is 12.3. The van der Waals surface area contributed by atoms with Crippen LogP contribution < -0.4 is 14.8 Å². The Balaban J connectivity index is 1.84. The van der Waals surface area contributed by atoms with Gasteiger partial charge in [-0.1, -0.05) is 0 Å². The molecule has 0 aliphatic rings. The zero-order valence-electron chi connectivity index (χ0n) is 15.0. The number of anilines is 1. The summed E-state index contributed by atoms with van der Waals surface area (Å²) in [6, 6.07) is 11.1. The summed E-state index contributed by atoms with van der Waals surface area (Å²) in [5.41, 5.74) is 1.30. The van der Waals surface area contributed by atoms with E-state index in [4.69, 9.17) is 9.47 Å². The van der Waals surface area contributed by atoms with Gasteiger partial charge in [0.05, 0.1) is 7.11 Å². The third-order valence-electron chi connectivity index (χ3n) is 3.79. The lowest BCUT2D eigenvalue weighted by Gasteiger charge is -2.18. The van der Waals surface area contributed by atoms with Gasteiger partial charge in [-0.15, -0.1) is 0 Å². The second-order valence-corrected chi connectivity index (χ2v) is 5.36. The second-order valence-electron chi connectivity index (χ2n) is 5.36. The highest BCUT2D eigenvalue weighted by Crippen LogP contribution is 2.17. The van der Waals surface area contributed by atoms with Crippen LogP contribution in [0.25, 0.3) is 0 Å². The number of carbonyl (C=O) groups excluding carboxylic acids is 1. The summed E-state index contributed by atoms with van der Waals surface area (Å²) < 4.78 is 10.8. The molecule has 1 heterocycles. The number of carbonyl (C=O) groups is 1. The van der Waals surface area contributed by atoms with Gasteiger partial charge in [0.2, 0.25) is 0 Å². The molecule has 0 aliphatic heterocycles. The number of hydrogen-bond donors (Lipinski definition) is 1. The Morgan fingerprint density at radius 2 is 1.80 bits per heavy atom. The highest BCUT2D eigenvalue weighted by Gasteiger charge is 2.13. The van der Waals surface area contributed by atoms with Crippen LogP contribution in [0.1, 0.15) is 24.3 Å². The van der Waals surface area contributed by atoms with Gasteiger partial charge in [-0.3, -0.25) is 9.78 Å². The van der Waals surface area contributed by atoms with Crippen molar-refractivity contribution in [2.45, 2.75) is 13.8 Å². The standard InChI is InChI=1S/C19H25N3O3/c1-4-22(5-2)19(23)18-14-15(10-11-21-18)20-12-13-25-17-8-6-16(24-3)7-9-17/h6-11,14H,4-5,12-13H2,1-3H3,(H,20,21). The maximum Gasteiger partial charge on any atom is 0.272 e. The average molecular weight is 343 g/mol. The van der Waals surface area contributed by atoms with E-state index in [1.165, 1.54) is 0 Å². The van der Waals surface area contributed by atoms with Crippen LogP contribution >= 0.6 is 0 Å². The number of ether oxygens (including phenoxy) is 2. The zero-order valence-corrected chi connectivity index (χ0v) is 15.0. The van der Waals surface area contributed by atoms with Crippen LogP contribution in [0.5, 0.6) is 11.5 Å². The molecule has 1 N–H and O–H groups in total. The van der Waals surface area contributed by atoms with Gasteiger partial charge in [-0.25, -0.2) is 0 Å². The molecule has 6 nitrogen and oxygen atoms in total. The summed E-state index contributed by atoms with van der Waals surface area (Å²) in [6.45, 7) is 6.39. The van der Waals surface area contributed by atoms with E-state index in [-0.39, 0.29) is 5.91 Å². The number of amides is 1. The molecule has 0 bridgehead atoms. The van der Waals surface area contributed by atoms with Crippen molar-refractivity contribution >= 4 is 11.6 Å². The smallest absolute Gasteiger partial charge is 0.272 e. The second kappa shape index (κ2) is 9.52. The maximum absolute atomic E-state index is 12.3. The number of nitrogens with zero attached hydrogens (tertiary/aromatic N) is 2. The van der Waals surface area contributed by atoms with Crippen LogP contribution in [-0.2, 0) is 0 Å². The summed E-state index contributed by atoms with van der Waals surface area (Å²) in [5, 5.41) is 3.25. The molecule has 0 atom stereocenters. The minimum atomic E-state index is -0.0527. The van der Waals surface area contributed by atoms with E-state index in [1.807, 2.05) is 44.2 Å². The Kier molecular flexibility index (Phi) is 7.07. The third-order valence-corrected chi connectivity index (χ3v) is 3.79. The molecular formula is C19H25N3O3. The first-order valence-electron chi connectivity index (χ1n) is 8.44. The van der Waals surface area contributed by atoms with E-state index in [0.717, 1.165) is 17.2 Å². The van der Waals surface area contributed by atoms with E-state index < -0.39 is 0 Å². The van der Waals surface area contributed by atoms with Gasteiger partial charge in [0.1, 0.15) is 23.8 Å². The number of nitrogens with one attached hydrogen (secondary N) is 1. The highest BCUT2D eigenvalue weighted by molar-refractivity contribution is 5.93. The molecule has 0 aliphatic carbocycles. The van der Waals surface area contributed by atoms with Crippen LogP contribution in [-0.4, -0.2) is 49.1 Å². The summed E-state index contributed by atoms with van der Waals surface area (Å²) in [6.07, 6.45) is 1.64. The Labute approximate surface area is 148 Å². The summed E-state index contributed by atoms with van der Waals surface area (Å²) in [4.78, 5) is 18.3. The number of benzene rings is 1. The van der Waals surface area contributed by atoms with E-state index in [0.29, 0.717) is 31.9 Å². The van der Waals surface area contributed by atoms with E-state index in [1.54, 1.807) is 24.3 Å². The van der Waals surface area contributed by atoms with Crippen molar-refractivity contribution in [2.75, 3.05) is 38.7 Å². The van der Waals surface area contributed by atoms with Gasteiger partial charge in [-0.05, 0) is 50.2 Å². The molecule has 134 valence electrons. The quantitative estimate of drug-likeness (QED) is 0.709. The van der Waals surface area contributed by atoms with Gasteiger partial charge in [-0.2, -0.15) is 0 Å². The van der Waals surface area contributed by atoms with Crippen molar-refractivity contribution in [1.29, 1.82) is 0 Å². The number of rotatable bonds is 9. The van der Waals surface area contributed by atoms with E-state index in [9.17, 15) is 4.79 Å². The molecule has 1 aromatic carbocycles. The van der Waals surface area contributed by atoms with Crippen LogP contribution in [0.4, 0.5) is 5.69 Å². The largest absolute Gasteiger partial charge is 0.497 e. The lowest BCUT2D eigenvalue weighted by atomic mass is 10.2. The van der Waals surface area contributed by atoms with Gasteiger partial charge in [0.25, 0.3) is 5.91 Å². The van der Waals surface area contributed by atoms with Crippen molar-refractivity contribution in [3.8, 4) is 11.5 Å². The molecule has 25 heavy (non-hydrogen) atoms. The van der Waals surface area contributed by atoms with Crippen LogP contribution in [0.3, 0.4) is 0 Å². The third kappa shape index (κ3) is 5.38. The van der Waals surface area contributed by atoms with Gasteiger partial charge < -0.3 is 19.7 Å². The molecule has 0 saturated heterocycles. The Morgan fingerprint density at radius 3 is 2.44 bits per heavy atom. The molecule has 0 radical (unpaired) electrons. The lowest BCUT2D eigenvalue weighted by Crippen LogP contribution is -2.31. The number of hydrogen-bond acceptors (Lipinski definition) is 5. The highest BCUT2D eigenvalue weighted by atomic mass is 16.5. The number of methoxy groups -OCH3 is 1. The molecule has 0 unspecified atom stereocenters. The molecule has 6 heteroatoms. The Morgan fingerprint density at radius 1 is 1.12 bits per heavy atom. The molecule has 2 aromatic rings. The first kappa shape index (κ1) is 18.6. The van der Waals surface area contributed by atoms with Crippen molar-refractivity contribution < 1.29 is 14.3 Å². The van der Waals surface area contributed by atoms with Crippen LogP contribution in [0.15, 0.2) is 42.6 Å². The molecule has 0 fully saturated rings. The normalized spacial score (nSPS) is 10.2. The minimum absolute atomic E-state index is 0.0527. The zero-order chi connectivity index (χ0) is 18.1. The molecule has 2 rings (SSSR count). The van der Waals surface area contributed by atoms with E-state index >= 15 is 0 Å². The van der Waals surface area contributed by atoms with E-state index in [2.05, 4.69) is 10.3 Å². The van der Waals surface area contributed by atoms with Crippen molar-refractivity contribution in [1.82, 2.24) is 9.88 Å². The SMILES string of the molecule is CCN(CC)C(=O)c1cc(NCCOc2ccc(OC)cc2)ccn1. The summed E-state index contributed by atoms with van der Waals surface area (Å²) >= 11 is 0. The van der Waals surface area contributed by atoms with Crippen LogP contribution in [0, 0.1) is 0 Å². The Bertz CT molecular complexity index is 670. The number of pyridine rings is 1. The van der Waals surface area contributed by atoms with Crippen molar-refractivity contribution in [2.24, 2.45) is 0 Å². The summed E-state index contributed by atoms with van der Waals surface area (Å²) in [7, 11) is 1.63. The molecule has 0 saturated carbocycles. The molecule has 1 amide bonds. The van der Waals surface area contributed by atoms with Crippen LogP contribution in [0.2, 0.25) is 0 Å². The van der Waals surface area contributed by atoms with Gasteiger partial charge >= 0.3 is 0 Å². The minimum Gasteiger partial charge on any atom is -0.497 e. The predicted molar refractivity (Wildman–Crippen MR) is 98.5 cm³/mol. The van der Waals surface area contributed by atoms with Crippen molar-refractivity contribution in [3.63, 3.8) is 0 Å². The molecular weight excluding hydrogens is 318 g/mol. The molecule has 0 spiro atoms. The average Bonchev–Trinajstić information content (AvgIpc) is 2.67. The Hall–Kier alpha value is -2.76. The van der Waals surface area contributed by atoms with Gasteiger partial charge in [0, 0.05) is 31.5 Å².